The summed E-state index contributed by atoms with van der Waals surface area (Å²) in [5.74, 6) is 0. The lowest BCUT2D eigenvalue weighted by Gasteiger charge is -2.42. The standard InChI is InChI=1S/C26H41BrO2Si2/c1-25(2,3)30(6,7)29-22(21-27)15-14-20-26(4,5)31(28,23-16-10-8-11-17-23)24-18-12-9-13-19-24/h8-13,16-19,22,28H,14-15,20-21H2,1-7H3. The molecule has 0 aliphatic carbocycles. The molecule has 2 nitrogen and oxygen atoms in total. The van der Waals surface area contributed by atoms with E-state index in [1.807, 2.05) is 36.4 Å². The second-order valence-electron chi connectivity index (χ2n) is 10.9. The summed E-state index contributed by atoms with van der Waals surface area (Å²) >= 11 is 3.69. The average molecular weight is 522 g/mol. The lowest BCUT2D eigenvalue weighted by molar-refractivity contribution is 0.189. The highest BCUT2D eigenvalue weighted by Gasteiger charge is 2.49. The van der Waals surface area contributed by atoms with E-state index >= 15 is 0 Å². The van der Waals surface area contributed by atoms with E-state index in [4.69, 9.17) is 4.43 Å². The fourth-order valence-corrected chi connectivity index (χ4v) is 9.89. The predicted octanol–water partition coefficient (Wildman–Crippen LogP) is 6.47. The van der Waals surface area contributed by atoms with Crippen LogP contribution in [0.5, 0.6) is 0 Å². The first-order chi connectivity index (χ1) is 14.3. The molecule has 0 radical (unpaired) electrons. The molecule has 0 bridgehead atoms. The summed E-state index contributed by atoms with van der Waals surface area (Å²) in [6.45, 7) is 16.0. The molecule has 0 fully saturated rings. The monoisotopic (exact) mass is 520 g/mol. The van der Waals surface area contributed by atoms with Crippen LogP contribution in [-0.2, 0) is 4.43 Å². The van der Waals surface area contributed by atoms with Crippen molar-refractivity contribution in [2.75, 3.05) is 5.33 Å². The summed E-state index contributed by atoms with van der Waals surface area (Å²) in [5, 5.41) is 3.03. The number of rotatable bonds is 10. The Morgan fingerprint density at radius 3 is 1.71 bits per heavy atom. The molecule has 0 aliphatic heterocycles. The van der Waals surface area contributed by atoms with Gasteiger partial charge in [0.25, 0.3) is 8.32 Å². The summed E-state index contributed by atoms with van der Waals surface area (Å²) in [4.78, 5) is 12.3. The first-order valence-corrected chi connectivity index (χ1v) is 17.4. The van der Waals surface area contributed by atoms with Crippen LogP contribution in [0, 0.1) is 0 Å². The van der Waals surface area contributed by atoms with E-state index in [1.54, 1.807) is 0 Å². The molecule has 2 aromatic rings. The van der Waals surface area contributed by atoms with Gasteiger partial charge in [0.05, 0.1) is 6.10 Å². The number of hydrogen-bond donors (Lipinski definition) is 1. The lowest BCUT2D eigenvalue weighted by atomic mass is 10.0. The molecule has 0 aliphatic rings. The number of benzene rings is 2. The molecule has 0 heterocycles. The van der Waals surface area contributed by atoms with Crippen LogP contribution in [-0.4, -0.2) is 32.9 Å². The maximum Gasteiger partial charge on any atom is 0.258 e. The Bertz CT molecular complexity index is 762. The first kappa shape index (κ1) is 26.5. The second-order valence-corrected chi connectivity index (χ2v) is 20.2. The summed E-state index contributed by atoms with van der Waals surface area (Å²) in [6, 6.07) is 20.6. The molecule has 2 rings (SSSR count). The van der Waals surface area contributed by atoms with Gasteiger partial charge in [-0.2, -0.15) is 0 Å². The van der Waals surface area contributed by atoms with E-state index in [0.717, 1.165) is 35.0 Å². The van der Waals surface area contributed by atoms with Crippen LogP contribution >= 0.6 is 15.9 Å². The van der Waals surface area contributed by atoms with Crippen LogP contribution in [0.1, 0.15) is 53.9 Å². The van der Waals surface area contributed by atoms with Gasteiger partial charge in [-0.25, -0.2) is 0 Å². The number of halogens is 1. The Labute approximate surface area is 200 Å². The highest BCUT2D eigenvalue weighted by molar-refractivity contribution is 9.09. The van der Waals surface area contributed by atoms with E-state index in [2.05, 4.69) is 87.9 Å². The zero-order chi connectivity index (χ0) is 23.3. The molecule has 172 valence electrons. The average Bonchev–Trinajstić information content (AvgIpc) is 2.72. The van der Waals surface area contributed by atoms with Crippen LogP contribution in [0.25, 0.3) is 0 Å². The van der Waals surface area contributed by atoms with Crippen molar-refractivity contribution in [1.29, 1.82) is 0 Å². The van der Waals surface area contributed by atoms with Crippen molar-refractivity contribution in [3.63, 3.8) is 0 Å². The quantitative estimate of drug-likeness (QED) is 0.287. The highest BCUT2D eigenvalue weighted by atomic mass is 79.9. The van der Waals surface area contributed by atoms with E-state index in [0.29, 0.717) is 0 Å². The second kappa shape index (κ2) is 10.5. The molecule has 1 atom stereocenters. The van der Waals surface area contributed by atoms with Gasteiger partial charge in [-0.15, -0.1) is 0 Å². The van der Waals surface area contributed by atoms with Gasteiger partial charge in [0.15, 0.2) is 8.32 Å². The maximum atomic E-state index is 12.3. The van der Waals surface area contributed by atoms with Gasteiger partial charge in [-0.05, 0) is 46.4 Å². The van der Waals surface area contributed by atoms with Crippen molar-refractivity contribution in [3.8, 4) is 0 Å². The summed E-state index contributed by atoms with van der Waals surface area (Å²) in [7, 11) is -4.73. The van der Waals surface area contributed by atoms with E-state index in [-0.39, 0.29) is 16.2 Å². The van der Waals surface area contributed by atoms with Crippen molar-refractivity contribution in [1.82, 2.24) is 0 Å². The third-order valence-electron chi connectivity index (χ3n) is 7.13. The minimum Gasteiger partial charge on any atom is -0.424 e. The van der Waals surface area contributed by atoms with Crippen LogP contribution in [0.15, 0.2) is 60.7 Å². The van der Waals surface area contributed by atoms with Crippen LogP contribution in [0.2, 0.25) is 23.2 Å². The number of alkyl halides is 1. The molecule has 0 saturated carbocycles. The van der Waals surface area contributed by atoms with Crippen molar-refractivity contribution in [3.05, 3.63) is 60.7 Å². The van der Waals surface area contributed by atoms with Gasteiger partial charge in [0.2, 0.25) is 0 Å². The largest absolute Gasteiger partial charge is 0.424 e. The zero-order valence-corrected chi connectivity index (χ0v) is 24.0. The number of hydrogen-bond acceptors (Lipinski definition) is 2. The Kier molecular flexibility index (Phi) is 8.96. The zero-order valence-electron chi connectivity index (χ0n) is 20.4. The minimum atomic E-state index is -2.93. The third-order valence-corrected chi connectivity index (χ3v) is 16.9. The molecule has 31 heavy (non-hydrogen) atoms. The molecule has 1 N–H and O–H groups in total. The Morgan fingerprint density at radius 2 is 1.32 bits per heavy atom. The smallest absolute Gasteiger partial charge is 0.258 e. The van der Waals surface area contributed by atoms with Crippen molar-refractivity contribution in [2.24, 2.45) is 0 Å². The van der Waals surface area contributed by atoms with Gasteiger partial charge < -0.3 is 9.22 Å². The predicted molar refractivity (Wildman–Crippen MR) is 144 cm³/mol. The van der Waals surface area contributed by atoms with Gasteiger partial charge in [-0.3, -0.25) is 0 Å². The Hall–Kier alpha value is -0.726. The van der Waals surface area contributed by atoms with E-state index in [1.165, 1.54) is 0 Å². The molecule has 1 unspecified atom stereocenters. The van der Waals surface area contributed by atoms with Crippen LogP contribution in [0.3, 0.4) is 0 Å². The fourth-order valence-electron chi connectivity index (χ4n) is 4.02. The van der Waals surface area contributed by atoms with E-state index in [9.17, 15) is 4.80 Å². The van der Waals surface area contributed by atoms with Crippen molar-refractivity contribution in [2.45, 2.75) is 83.2 Å². The Balaban J connectivity index is 2.20. The van der Waals surface area contributed by atoms with Gasteiger partial charge >= 0.3 is 0 Å². The van der Waals surface area contributed by atoms with Gasteiger partial charge in [0.1, 0.15) is 0 Å². The van der Waals surface area contributed by atoms with Crippen LogP contribution in [0.4, 0.5) is 0 Å². The normalized spacial score (nSPS) is 14.5. The topological polar surface area (TPSA) is 29.5 Å². The molecule has 0 saturated heterocycles. The van der Waals surface area contributed by atoms with Crippen molar-refractivity contribution >= 4 is 42.9 Å². The molecule has 5 heteroatoms. The maximum absolute atomic E-state index is 12.3. The van der Waals surface area contributed by atoms with Crippen molar-refractivity contribution < 1.29 is 9.22 Å². The first-order valence-electron chi connectivity index (χ1n) is 11.4. The molecular formula is C26H41BrO2Si2. The SMILES string of the molecule is CC(C)(C)[Si](C)(C)OC(CBr)CCCC(C)(C)[Si](O)(c1ccccc1)c1ccccc1. The molecule has 0 aromatic heterocycles. The van der Waals surface area contributed by atoms with Gasteiger partial charge in [-0.1, -0.05) is 118 Å². The van der Waals surface area contributed by atoms with Crippen LogP contribution < -0.4 is 10.4 Å². The summed E-state index contributed by atoms with van der Waals surface area (Å²) in [5.41, 5.74) is 0. The Morgan fingerprint density at radius 1 is 0.871 bits per heavy atom. The fraction of sp³-hybridized carbons (Fsp3) is 0.538. The third kappa shape index (κ3) is 6.20. The molecule has 0 amide bonds. The molecular weight excluding hydrogens is 480 g/mol. The molecule has 2 aromatic carbocycles. The lowest BCUT2D eigenvalue weighted by Crippen LogP contribution is -2.65. The molecule has 0 spiro atoms. The summed E-state index contributed by atoms with van der Waals surface area (Å²) in [6.07, 6.45) is 3.23. The highest BCUT2D eigenvalue weighted by Crippen LogP contribution is 2.41. The summed E-state index contributed by atoms with van der Waals surface area (Å²) < 4.78 is 6.66. The van der Waals surface area contributed by atoms with Gasteiger partial charge in [0, 0.05) is 5.33 Å². The minimum absolute atomic E-state index is 0.205. The van der Waals surface area contributed by atoms with E-state index < -0.39 is 16.6 Å².